The van der Waals surface area contributed by atoms with Gasteiger partial charge in [-0.1, -0.05) is 19.3 Å². The Hall–Kier alpha value is -2.11. The molecule has 1 aromatic carbocycles. The van der Waals surface area contributed by atoms with Gasteiger partial charge < -0.3 is 9.80 Å². The first-order chi connectivity index (χ1) is 12.6. The van der Waals surface area contributed by atoms with E-state index >= 15 is 0 Å². The number of anilines is 1. The van der Waals surface area contributed by atoms with Crippen molar-refractivity contribution in [2.45, 2.75) is 44.9 Å². The number of benzene rings is 1. The van der Waals surface area contributed by atoms with E-state index in [2.05, 4.69) is 4.90 Å². The van der Waals surface area contributed by atoms with E-state index in [1.54, 1.807) is 6.07 Å². The zero-order valence-electron chi connectivity index (χ0n) is 15.2. The number of nitro groups is 1. The average molecular weight is 357 g/mol. The molecule has 0 unspecified atom stereocenters. The number of nitro benzene ring substituents is 1. The van der Waals surface area contributed by atoms with Crippen molar-refractivity contribution in [1.29, 1.82) is 0 Å². The number of piperidine rings is 1. The molecule has 6 heteroatoms. The molecule has 1 amide bonds. The highest BCUT2D eigenvalue weighted by atomic mass is 16.6. The second-order valence-corrected chi connectivity index (χ2v) is 8.00. The summed E-state index contributed by atoms with van der Waals surface area (Å²) in [5.41, 5.74) is 1.38. The van der Waals surface area contributed by atoms with Crippen molar-refractivity contribution in [3.05, 3.63) is 33.9 Å². The van der Waals surface area contributed by atoms with E-state index in [4.69, 9.17) is 0 Å². The highest BCUT2D eigenvalue weighted by molar-refractivity contribution is 6.00. The molecule has 1 aromatic rings. The van der Waals surface area contributed by atoms with Gasteiger partial charge in [-0.2, -0.15) is 0 Å². The quantitative estimate of drug-likeness (QED) is 0.609. The van der Waals surface area contributed by atoms with Crippen molar-refractivity contribution in [2.24, 2.45) is 11.8 Å². The molecule has 1 aliphatic carbocycles. The summed E-state index contributed by atoms with van der Waals surface area (Å²) in [6, 6.07) is 4.78. The minimum absolute atomic E-state index is 0.00356. The number of rotatable bonds is 3. The SMILES string of the molecule is O=C(c1cc([N+](=O)[O-])ccc1N1CCCC1)N1CC[C@@H]2CCCC[C@H]2C1. The maximum Gasteiger partial charge on any atom is 0.270 e. The molecule has 2 atom stereocenters. The van der Waals surface area contributed by atoms with Gasteiger partial charge in [-0.15, -0.1) is 0 Å². The molecule has 26 heavy (non-hydrogen) atoms. The fourth-order valence-electron chi connectivity index (χ4n) is 5.00. The van der Waals surface area contributed by atoms with Crippen LogP contribution in [0.5, 0.6) is 0 Å². The highest BCUT2D eigenvalue weighted by Gasteiger charge is 2.34. The minimum atomic E-state index is -0.405. The Labute approximate surface area is 154 Å². The van der Waals surface area contributed by atoms with Crippen LogP contribution in [0.15, 0.2) is 18.2 Å². The first-order valence-corrected chi connectivity index (χ1v) is 9.96. The molecule has 0 N–H and O–H groups in total. The number of carbonyl (C=O) groups is 1. The van der Waals surface area contributed by atoms with Gasteiger partial charge in [0.1, 0.15) is 0 Å². The molecule has 3 aliphatic rings. The van der Waals surface area contributed by atoms with Crippen LogP contribution in [0.2, 0.25) is 0 Å². The highest BCUT2D eigenvalue weighted by Crippen LogP contribution is 2.37. The Kier molecular flexibility index (Phi) is 4.83. The van der Waals surface area contributed by atoms with Crippen molar-refractivity contribution < 1.29 is 9.72 Å². The number of nitrogens with zero attached hydrogens (tertiary/aromatic N) is 3. The zero-order chi connectivity index (χ0) is 18.1. The van der Waals surface area contributed by atoms with E-state index in [0.29, 0.717) is 11.5 Å². The van der Waals surface area contributed by atoms with E-state index in [0.717, 1.165) is 57.0 Å². The van der Waals surface area contributed by atoms with Gasteiger partial charge in [-0.3, -0.25) is 14.9 Å². The third-order valence-corrected chi connectivity index (χ3v) is 6.45. The molecule has 6 nitrogen and oxygen atoms in total. The molecular weight excluding hydrogens is 330 g/mol. The van der Waals surface area contributed by atoms with Crippen LogP contribution in [0.1, 0.15) is 55.3 Å². The van der Waals surface area contributed by atoms with Crippen molar-refractivity contribution in [3.8, 4) is 0 Å². The van der Waals surface area contributed by atoms with E-state index in [1.165, 1.54) is 37.8 Å². The van der Waals surface area contributed by atoms with Crippen LogP contribution in [0.25, 0.3) is 0 Å². The zero-order valence-corrected chi connectivity index (χ0v) is 15.2. The summed E-state index contributed by atoms with van der Waals surface area (Å²) in [5.74, 6) is 1.34. The van der Waals surface area contributed by atoms with Gasteiger partial charge in [0.15, 0.2) is 0 Å². The lowest BCUT2D eigenvalue weighted by molar-refractivity contribution is -0.384. The van der Waals surface area contributed by atoms with Crippen molar-refractivity contribution in [3.63, 3.8) is 0 Å². The van der Waals surface area contributed by atoms with E-state index < -0.39 is 4.92 Å². The Balaban J connectivity index is 1.61. The third-order valence-electron chi connectivity index (χ3n) is 6.45. The van der Waals surface area contributed by atoms with Gasteiger partial charge in [-0.25, -0.2) is 0 Å². The molecule has 0 radical (unpaired) electrons. The average Bonchev–Trinajstić information content (AvgIpc) is 3.21. The molecule has 2 aliphatic heterocycles. The minimum Gasteiger partial charge on any atom is -0.371 e. The molecule has 2 heterocycles. The summed E-state index contributed by atoms with van der Waals surface area (Å²) in [6.07, 6.45) is 8.38. The van der Waals surface area contributed by atoms with E-state index in [1.807, 2.05) is 4.90 Å². The lowest BCUT2D eigenvalue weighted by Crippen LogP contribution is -2.45. The lowest BCUT2D eigenvalue weighted by atomic mass is 9.75. The lowest BCUT2D eigenvalue weighted by Gasteiger charge is -2.41. The van der Waals surface area contributed by atoms with E-state index in [9.17, 15) is 14.9 Å². The van der Waals surface area contributed by atoms with Crippen molar-refractivity contribution >= 4 is 17.3 Å². The smallest absolute Gasteiger partial charge is 0.270 e. The van der Waals surface area contributed by atoms with Gasteiger partial charge >= 0.3 is 0 Å². The Morgan fingerprint density at radius 3 is 2.46 bits per heavy atom. The summed E-state index contributed by atoms with van der Waals surface area (Å²) in [4.78, 5) is 28.3. The molecule has 1 saturated carbocycles. The molecular formula is C20H27N3O3. The molecule has 0 aromatic heterocycles. The van der Waals surface area contributed by atoms with Gasteiger partial charge in [0, 0.05) is 38.3 Å². The number of non-ortho nitro benzene ring substituents is 1. The fraction of sp³-hybridized carbons (Fsp3) is 0.650. The summed E-state index contributed by atoms with van der Waals surface area (Å²) in [6.45, 7) is 3.43. The normalized spacial score (nSPS) is 25.8. The van der Waals surface area contributed by atoms with Crippen molar-refractivity contribution in [2.75, 3.05) is 31.1 Å². The number of amides is 1. The van der Waals surface area contributed by atoms with Gasteiger partial charge in [-0.05, 0) is 43.6 Å². The van der Waals surface area contributed by atoms with Crippen LogP contribution in [-0.4, -0.2) is 41.9 Å². The Bertz CT molecular complexity index is 700. The predicted octanol–water partition coefficient (Wildman–Crippen LogP) is 3.85. The Morgan fingerprint density at radius 1 is 1.00 bits per heavy atom. The molecule has 2 saturated heterocycles. The first-order valence-electron chi connectivity index (χ1n) is 9.96. The van der Waals surface area contributed by atoms with Gasteiger partial charge in [0.25, 0.3) is 11.6 Å². The molecule has 3 fully saturated rings. The van der Waals surface area contributed by atoms with Crippen LogP contribution >= 0.6 is 0 Å². The van der Waals surface area contributed by atoms with E-state index in [-0.39, 0.29) is 11.6 Å². The number of likely N-dealkylation sites (tertiary alicyclic amines) is 1. The number of carbonyl (C=O) groups excluding carboxylic acids is 1. The number of fused-ring (bicyclic) bond motifs is 1. The predicted molar refractivity (Wildman–Crippen MR) is 101 cm³/mol. The Morgan fingerprint density at radius 2 is 1.73 bits per heavy atom. The van der Waals surface area contributed by atoms with Gasteiger partial charge in [0.05, 0.1) is 16.2 Å². The maximum absolute atomic E-state index is 13.3. The molecule has 0 spiro atoms. The molecule has 0 bridgehead atoms. The van der Waals surface area contributed by atoms with Crippen LogP contribution in [-0.2, 0) is 0 Å². The monoisotopic (exact) mass is 357 g/mol. The van der Waals surface area contributed by atoms with Crippen LogP contribution < -0.4 is 4.90 Å². The largest absolute Gasteiger partial charge is 0.371 e. The summed E-state index contributed by atoms with van der Waals surface area (Å²) < 4.78 is 0. The van der Waals surface area contributed by atoms with Crippen LogP contribution in [0, 0.1) is 22.0 Å². The standard InChI is InChI=1S/C20H27N3O3/c24-20(22-12-9-15-5-1-2-6-16(15)14-22)18-13-17(23(25)26)7-8-19(18)21-10-3-4-11-21/h7-8,13,15-16H,1-6,9-12,14H2/t15-,16-/m0/s1. The van der Waals surface area contributed by atoms with Crippen LogP contribution in [0.3, 0.4) is 0 Å². The summed E-state index contributed by atoms with van der Waals surface area (Å²) in [5, 5.41) is 11.2. The third kappa shape index (κ3) is 3.29. The maximum atomic E-state index is 13.3. The molecule has 140 valence electrons. The second-order valence-electron chi connectivity index (χ2n) is 8.00. The van der Waals surface area contributed by atoms with Gasteiger partial charge in [0.2, 0.25) is 0 Å². The first kappa shape index (κ1) is 17.3. The fourth-order valence-corrected chi connectivity index (χ4v) is 5.00. The molecule has 4 rings (SSSR count). The van der Waals surface area contributed by atoms with Crippen molar-refractivity contribution in [1.82, 2.24) is 4.90 Å². The van der Waals surface area contributed by atoms with Crippen LogP contribution in [0.4, 0.5) is 11.4 Å². The number of hydrogen-bond acceptors (Lipinski definition) is 4. The topological polar surface area (TPSA) is 66.7 Å². The summed E-state index contributed by atoms with van der Waals surface area (Å²) in [7, 11) is 0. The number of hydrogen-bond donors (Lipinski definition) is 0. The summed E-state index contributed by atoms with van der Waals surface area (Å²) >= 11 is 0. The second kappa shape index (κ2) is 7.25.